The third-order valence-electron chi connectivity index (χ3n) is 3.19. The first-order chi connectivity index (χ1) is 11.3. The summed E-state index contributed by atoms with van der Waals surface area (Å²) in [7, 11) is 1.64. The minimum absolute atomic E-state index is 0.608. The lowest BCUT2D eigenvalue weighted by atomic mass is 10.3. The number of aromatic nitrogens is 3. The molecule has 0 aliphatic heterocycles. The summed E-state index contributed by atoms with van der Waals surface area (Å²) in [6, 6.07) is 15.3. The van der Waals surface area contributed by atoms with E-state index in [1.807, 2.05) is 48.5 Å². The van der Waals surface area contributed by atoms with Gasteiger partial charge in [0.2, 0.25) is 0 Å². The molecule has 3 rings (SSSR count). The minimum Gasteiger partial charge on any atom is -0.497 e. The lowest BCUT2D eigenvalue weighted by molar-refractivity contribution is 0.415. The highest BCUT2D eigenvalue weighted by Crippen LogP contribution is 2.21. The maximum Gasteiger partial charge on any atom is 0.135 e. The summed E-state index contributed by atoms with van der Waals surface area (Å²) in [5, 5.41) is 6.46. The molecule has 6 heteroatoms. The van der Waals surface area contributed by atoms with E-state index >= 15 is 0 Å². The zero-order valence-corrected chi connectivity index (χ0v) is 12.7. The fraction of sp³-hybridized carbons (Fsp3) is 0.118. The van der Waals surface area contributed by atoms with Crippen molar-refractivity contribution in [2.24, 2.45) is 0 Å². The number of ether oxygens (including phenoxy) is 1. The average molecular weight is 307 g/mol. The molecule has 23 heavy (non-hydrogen) atoms. The smallest absolute Gasteiger partial charge is 0.135 e. The summed E-state index contributed by atoms with van der Waals surface area (Å²) >= 11 is 0. The molecule has 2 aromatic heterocycles. The average Bonchev–Trinajstić information content (AvgIpc) is 2.61. The van der Waals surface area contributed by atoms with Crippen LogP contribution in [-0.4, -0.2) is 22.1 Å². The molecule has 116 valence electrons. The number of rotatable bonds is 6. The van der Waals surface area contributed by atoms with Crippen LogP contribution >= 0.6 is 0 Å². The van der Waals surface area contributed by atoms with Crippen LogP contribution in [0.25, 0.3) is 0 Å². The first-order valence-electron chi connectivity index (χ1n) is 7.20. The molecule has 0 bridgehead atoms. The standard InChI is InChI=1S/C17H17N5O/c1-23-15-7-4-6-13(9-15)22-17-10-16(20-12-21-17)19-11-14-5-2-3-8-18-14/h2-10,12H,11H2,1H3,(H2,19,20,21,22). The predicted molar refractivity (Wildman–Crippen MR) is 89.9 cm³/mol. The van der Waals surface area contributed by atoms with Gasteiger partial charge in [0, 0.05) is 24.0 Å². The van der Waals surface area contributed by atoms with Gasteiger partial charge in [-0.2, -0.15) is 0 Å². The fourth-order valence-electron chi connectivity index (χ4n) is 2.05. The molecule has 0 amide bonds. The van der Waals surface area contributed by atoms with Gasteiger partial charge in [0.25, 0.3) is 0 Å². The zero-order valence-electron chi connectivity index (χ0n) is 12.7. The Labute approximate surface area is 134 Å². The quantitative estimate of drug-likeness (QED) is 0.728. The lowest BCUT2D eigenvalue weighted by Gasteiger charge is -2.09. The summed E-state index contributed by atoms with van der Waals surface area (Å²) in [6.07, 6.45) is 3.29. The van der Waals surface area contributed by atoms with Gasteiger partial charge in [0.15, 0.2) is 0 Å². The van der Waals surface area contributed by atoms with E-state index in [0.29, 0.717) is 12.4 Å². The van der Waals surface area contributed by atoms with Crippen LogP contribution in [0.4, 0.5) is 17.3 Å². The van der Waals surface area contributed by atoms with Crippen LogP contribution in [0.2, 0.25) is 0 Å². The number of hydrogen-bond acceptors (Lipinski definition) is 6. The second-order valence-electron chi connectivity index (χ2n) is 4.82. The molecule has 2 heterocycles. The van der Waals surface area contributed by atoms with Gasteiger partial charge in [0.1, 0.15) is 23.7 Å². The molecule has 0 spiro atoms. The Morgan fingerprint density at radius 3 is 2.70 bits per heavy atom. The molecule has 0 saturated heterocycles. The Hall–Kier alpha value is -3.15. The Kier molecular flexibility index (Phi) is 4.63. The van der Waals surface area contributed by atoms with Crippen molar-refractivity contribution in [1.29, 1.82) is 0 Å². The van der Waals surface area contributed by atoms with E-state index in [4.69, 9.17) is 4.74 Å². The Morgan fingerprint density at radius 1 is 0.957 bits per heavy atom. The number of nitrogens with zero attached hydrogens (tertiary/aromatic N) is 3. The molecule has 3 aromatic rings. The number of anilines is 3. The van der Waals surface area contributed by atoms with Gasteiger partial charge in [0.05, 0.1) is 19.3 Å². The third-order valence-corrected chi connectivity index (χ3v) is 3.19. The van der Waals surface area contributed by atoms with Crippen molar-refractivity contribution in [3.05, 3.63) is 66.7 Å². The molecule has 0 atom stereocenters. The van der Waals surface area contributed by atoms with E-state index in [9.17, 15) is 0 Å². The number of nitrogens with one attached hydrogen (secondary N) is 2. The molecular formula is C17H17N5O. The van der Waals surface area contributed by atoms with E-state index in [1.54, 1.807) is 13.3 Å². The van der Waals surface area contributed by atoms with Crippen LogP contribution in [0.15, 0.2) is 61.1 Å². The topological polar surface area (TPSA) is 72.0 Å². The van der Waals surface area contributed by atoms with Crippen LogP contribution in [0.3, 0.4) is 0 Å². The van der Waals surface area contributed by atoms with E-state index in [2.05, 4.69) is 25.6 Å². The third kappa shape index (κ3) is 4.16. The molecule has 6 nitrogen and oxygen atoms in total. The molecule has 0 unspecified atom stereocenters. The van der Waals surface area contributed by atoms with E-state index in [-0.39, 0.29) is 0 Å². The van der Waals surface area contributed by atoms with Crippen molar-refractivity contribution >= 4 is 17.3 Å². The first-order valence-corrected chi connectivity index (χ1v) is 7.20. The van der Waals surface area contributed by atoms with Crippen LogP contribution in [-0.2, 0) is 6.54 Å². The summed E-state index contributed by atoms with van der Waals surface area (Å²) < 4.78 is 5.21. The molecule has 1 aromatic carbocycles. The van der Waals surface area contributed by atoms with Crippen molar-refractivity contribution in [2.45, 2.75) is 6.54 Å². The molecular weight excluding hydrogens is 290 g/mol. The summed E-state index contributed by atoms with van der Waals surface area (Å²) in [4.78, 5) is 12.7. The lowest BCUT2D eigenvalue weighted by Crippen LogP contribution is -2.04. The van der Waals surface area contributed by atoms with Crippen LogP contribution in [0.5, 0.6) is 5.75 Å². The highest BCUT2D eigenvalue weighted by atomic mass is 16.5. The van der Waals surface area contributed by atoms with Gasteiger partial charge in [-0.15, -0.1) is 0 Å². The molecule has 0 radical (unpaired) electrons. The molecule has 2 N–H and O–H groups in total. The predicted octanol–water partition coefficient (Wildman–Crippen LogP) is 3.24. The van der Waals surface area contributed by atoms with Gasteiger partial charge in [-0.25, -0.2) is 9.97 Å². The summed E-state index contributed by atoms with van der Waals surface area (Å²) in [5.74, 6) is 2.23. The normalized spacial score (nSPS) is 10.1. The van der Waals surface area contributed by atoms with Gasteiger partial charge < -0.3 is 15.4 Å². The number of methoxy groups -OCH3 is 1. The second kappa shape index (κ2) is 7.22. The van der Waals surface area contributed by atoms with Crippen molar-refractivity contribution < 1.29 is 4.74 Å². The van der Waals surface area contributed by atoms with Crippen molar-refractivity contribution in [1.82, 2.24) is 15.0 Å². The Morgan fingerprint density at radius 2 is 1.87 bits per heavy atom. The van der Waals surface area contributed by atoms with Crippen molar-refractivity contribution in [3.8, 4) is 5.75 Å². The number of pyridine rings is 1. The van der Waals surface area contributed by atoms with Crippen LogP contribution in [0, 0.1) is 0 Å². The highest BCUT2D eigenvalue weighted by molar-refractivity contribution is 5.60. The Bertz CT molecular complexity index is 764. The van der Waals surface area contributed by atoms with E-state index < -0.39 is 0 Å². The summed E-state index contributed by atoms with van der Waals surface area (Å²) in [5.41, 5.74) is 1.85. The largest absolute Gasteiger partial charge is 0.497 e. The van der Waals surface area contributed by atoms with Gasteiger partial charge in [-0.3, -0.25) is 4.98 Å². The van der Waals surface area contributed by atoms with Gasteiger partial charge in [-0.1, -0.05) is 12.1 Å². The second-order valence-corrected chi connectivity index (χ2v) is 4.82. The maximum atomic E-state index is 5.21. The number of hydrogen-bond donors (Lipinski definition) is 2. The van der Waals surface area contributed by atoms with Crippen LogP contribution < -0.4 is 15.4 Å². The highest BCUT2D eigenvalue weighted by Gasteiger charge is 2.01. The van der Waals surface area contributed by atoms with E-state index in [1.165, 1.54) is 6.33 Å². The SMILES string of the molecule is COc1cccc(Nc2cc(NCc3ccccn3)ncn2)c1. The van der Waals surface area contributed by atoms with Crippen molar-refractivity contribution in [2.75, 3.05) is 17.7 Å². The van der Waals surface area contributed by atoms with Crippen LogP contribution in [0.1, 0.15) is 5.69 Å². The Balaban J connectivity index is 1.67. The van der Waals surface area contributed by atoms with Gasteiger partial charge in [-0.05, 0) is 24.3 Å². The van der Waals surface area contributed by atoms with Crippen molar-refractivity contribution in [3.63, 3.8) is 0 Å². The molecule has 0 aliphatic rings. The monoisotopic (exact) mass is 307 g/mol. The minimum atomic E-state index is 0.608. The molecule has 0 aliphatic carbocycles. The van der Waals surface area contributed by atoms with E-state index in [0.717, 1.165) is 22.9 Å². The maximum absolute atomic E-state index is 5.21. The number of benzene rings is 1. The van der Waals surface area contributed by atoms with Gasteiger partial charge >= 0.3 is 0 Å². The summed E-state index contributed by atoms with van der Waals surface area (Å²) in [6.45, 7) is 0.608. The first kappa shape index (κ1) is 14.8. The fourth-order valence-corrected chi connectivity index (χ4v) is 2.05. The molecule has 0 saturated carbocycles. The molecule has 0 fully saturated rings. The zero-order chi connectivity index (χ0) is 15.9.